The third-order valence-corrected chi connectivity index (χ3v) is 8.35. The van der Waals surface area contributed by atoms with Crippen LogP contribution in [0.15, 0.2) is 53.6 Å². The molecule has 188 valence electrons. The number of para-hydroxylation sites is 1. The lowest BCUT2D eigenvalue weighted by atomic mass is 10.1. The fourth-order valence-electron chi connectivity index (χ4n) is 4.72. The van der Waals surface area contributed by atoms with E-state index in [9.17, 15) is 9.59 Å². The van der Waals surface area contributed by atoms with Gasteiger partial charge in [-0.1, -0.05) is 12.1 Å². The number of amides is 1. The summed E-state index contributed by atoms with van der Waals surface area (Å²) in [6, 6.07) is 11.6. The fourth-order valence-corrected chi connectivity index (χ4v) is 6.18. The zero-order valence-electron chi connectivity index (χ0n) is 20.1. The first kappa shape index (κ1) is 24.2. The first-order valence-corrected chi connectivity index (χ1v) is 13.9. The van der Waals surface area contributed by atoms with Crippen molar-refractivity contribution >= 4 is 71.7 Å². The molecule has 0 spiro atoms. The van der Waals surface area contributed by atoms with Crippen molar-refractivity contribution in [1.29, 1.82) is 0 Å². The molecule has 5 aromatic rings. The highest BCUT2D eigenvalue weighted by Gasteiger charge is 2.24. The smallest absolute Gasteiger partial charge is 0.258 e. The number of carbonyl (C=O) groups excluding carboxylic acids is 1. The van der Waals surface area contributed by atoms with Crippen LogP contribution in [0.25, 0.3) is 26.1 Å². The van der Waals surface area contributed by atoms with Gasteiger partial charge in [0.05, 0.1) is 40.2 Å². The van der Waals surface area contributed by atoms with Crippen LogP contribution in [-0.4, -0.2) is 63.4 Å². The van der Waals surface area contributed by atoms with Crippen LogP contribution in [0.1, 0.15) is 22.5 Å². The number of benzene rings is 1. The summed E-state index contributed by atoms with van der Waals surface area (Å²) in [5.74, 6) is 0.414. The molecule has 4 aromatic heterocycles. The van der Waals surface area contributed by atoms with Gasteiger partial charge in [0.1, 0.15) is 19.9 Å². The van der Waals surface area contributed by atoms with Crippen molar-refractivity contribution < 1.29 is 4.79 Å². The van der Waals surface area contributed by atoms with E-state index < -0.39 is 5.91 Å². The Morgan fingerprint density at radius 1 is 1.08 bits per heavy atom. The Bertz CT molecular complexity index is 1700. The molecule has 1 aliphatic heterocycles. The van der Waals surface area contributed by atoms with Gasteiger partial charge in [0.25, 0.3) is 5.91 Å². The van der Waals surface area contributed by atoms with Crippen molar-refractivity contribution in [3.63, 3.8) is 0 Å². The minimum absolute atomic E-state index is 0.123. The topological polar surface area (TPSA) is 95.7 Å². The van der Waals surface area contributed by atoms with Gasteiger partial charge in [-0.25, -0.2) is 9.97 Å². The normalized spacial score (nSPS) is 14.9. The lowest BCUT2D eigenvalue weighted by Gasteiger charge is -2.22. The summed E-state index contributed by atoms with van der Waals surface area (Å²) in [5, 5.41) is 3.29. The molecule has 0 aliphatic carbocycles. The second-order valence-electron chi connectivity index (χ2n) is 9.11. The van der Waals surface area contributed by atoms with Crippen LogP contribution in [-0.2, 0) is 6.54 Å². The summed E-state index contributed by atoms with van der Waals surface area (Å²) in [5.41, 5.74) is 1.93. The Labute approximate surface area is 230 Å². The molecule has 1 saturated heterocycles. The Hall–Kier alpha value is -3.16. The standard InChI is InChI=1S/C26H24IN7O2S/c1-32-9-4-10-33(12-11-32)21-8-7-17-23(35)22(25(36)30-14-16-13-29-20(27)15-28-16)26-34(24(17)31-21)18-5-2-3-6-19(18)37-26/h2-3,5-8,13,15H,4,9-12,14H2,1H3,(H,30,36). The van der Waals surface area contributed by atoms with Crippen molar-refractivity contribution in [2.45, 2.75) is 13.0 Å². The van der Waals surface area contributed by atoms with E-state index in [4.69, 9.17) is 4.98 Å². The van der Waals surface area contributed by atoms with E-state index in [0.29, 0.717) is 21.6 Å². The number of aromatic nitrogens is 4. The number of hydrogen-bond donors (Lipinski definition) is 1. The quantitative estimate of drug-likeness (QED) is 0.306. The van der Waals surface area contributed by atoms with E-state index in [-0.39, 0.29) is 17.5 Å². The van der Waals surface area contributed by atoms with Gasteiger partial charge < -0.3 is 15.1 Å². The van der Waals surface area contributed by atoms with E-state index in [0.717, 1.165) is 52.3 Å². The van der Waals surface area contributed by atoms with Gasteiger partial charge in [-0.2, -0.15) is 0 Å². The Kier molecular flexibility index (Phi) is 6.51. The summed E-state index contributed by atoms with van der Waals surface area (Å²) in [6.45, 7) is 3.97. The number of hydrogen-bond acceptors (Lipinski definition) is 8. The highest BCUT2D eigenvalue weighted by atomic mass is 127. The van der Waals surface area contributed by atoms with Crippen LogP contribution in [0.4, 0.5) is 5.82 Å². The van der Waals surface area contributed by atoms with Crippen molar-refractivity contribution in [1.82, 2.24) is 29.6 Å². The van der Waals surface area contributed by atoms with E-state index >= 15 is 0 Å². The van der Waals surface area contributed by atoms with Gasteiger partial charge in [0.15, 0.2) is 5.65 Å². The molecular formula is C26H24IN7O2S. The first-order chi connectivity index (χ1) is 18.0. The van der Waals surface area contributed by atoms with Gasteiger partial charge in [0, 0.05) is 19.6 Å². The molecule has 1 aromatic carbocycles. The second-order valence-corrected chi connectivity index (χ2v) is 11.2. The van der Waals surface area contributed by atoms with E-state index in [1.54, 1.807) is 12.4 Å². The molecule has 1 amide bonds. The largest absolute Gasteiger partial charge is 0.355 e. The molecule has 1 fully saturated rings. The SMILES string of the molecule is CN1CCCN(c2ccc3c(=O)c(C(=O)NCc4cnc(I)cn4)c4sc5ccccc5n4c3n2)CC1. The molecule has 0 saturated carbocycles. The van der Waals surface area contributed by atoms with Crippen molar-refractivity contribution in [3.05, 3.63) is 74.0 Å². The second kappa shape index (κ2) is 9.95. The maximum Gasteiger partial charge on any atom is 0.258 e. The minimum atomic E-state index is -0.434. The highest BCUT2D eigenvalue weighted by molar-refractivity contribution is 14.1. The van der Waals surface area contributed by atoms with Crippen LogP contribution >= 0.6 is 33.9 Å². The van der Waals surface area contributed by atoms with Crippen LogP contribution < -0.4 is 15.6 Å². The Morgan fingerprint density at radius 3 is 2.78 bits per heavy atom. The van der Waals surface area contributed by atoms with Crippen LogP contribution in [0.2, 0.25) is 0 Å². The summed E-state index contributed by atoms with van der Waals surface area (Å²) >= 11 is 3.51. The van der Waals surface area contributed by atoms with Gasteiger partial charge >= 0.3 is 0 Å². The predicted molar refractivity (Wildman–Crippen MR) is 155 cm³/mol. The molecule has 0 radical (unpaired) electrons. The zero-order valence-corrected chi connectivity index (χ0v) is 23.1. The van der Waals surface area contributed by atoms with E-state index in [1.807, 2.05) is 40.8 Å². The molecule has 11 heteroatoms. The number of nitrogens with zero attached hydrogens (tertiary/aromatic N) is 6. The number of fused-ring (bicyclic) bond motifs is 5. The number of pyridine rings is 2. The average Bonchev–Trinajstić information content (AvgIpc) is 3.15. The van der Waals surface area contributed by atoms with Crippen LogP contribution in [0.3, 0.4) is 0 Å². The number of carbonyl (C=O) groups is 1. The lowest BCUT2D eigenvalue weighted by molar-refractivity contribution is 0.0951. The average molecular weight is 625 g/mol. The third-order valence-electron chi connectivity index (χ3n) is 6.65. The van der Waals surface area contributed by atoms with Crippen LogP contribution in [0, 0.1) is 3.70 Å². The van der Waals surface area contributed by atoms with Crippen molar-refractivity contribution in [2.75, 3.05) is 38.1 Å². The molecular weight excluding hydrogens is 601 g/mol. The molecule has 0 bridgehead atoms. The predicted octanol–water partition coefficient (Wildman–Crippen LogP) is 3.53. The van der Waals surface area contributed by atoms with Crippen molar-refractivity contribution in [2.24, 2.45) is 0 Å². The van der Waals surface area contributed by atoms with Gasteiger partial charge in [0.2, 0.25) is 5.43 Å². The van der Waals surface area contributed by atoms with Crippen LogP contribution in [0.5, 0.6) is 0 Å². The maximum absolute atomic E-state index is 13.7. The van der Waals surface area contributed by atoms with Gasteiger partial charge in [-0.05, 0) is 66.9 Å². The summed E-state index contributed by atoms with van der Waals surface area (Å²) in [6.07, 6.45) is 4.32. The number of halogens is 1. The first-order valence-electron chi connectivity index (χ1n) is 12.0. The summed E-state index contributed by atoms with van der Waals surface area (Å²) in [4.78, 5) is 45.9. The highest BCUT2D eigenvalue weighted by Crippen LogP contribution is 2.31. The Balaban J connectivity index is 1.49. The molecule has 6 rings (SSSR count). The zero-order chi connectivity index (χ0) is 25.5. The molecule has 37 heavy (non-hydrogen) atoms. The summed E-state index contributed by atoms with van der Waals surface area (Å²) in [7, 11) is 2.13. The van der Waals surface area contributed by atoms with Crippen molar-refractivity contribution in [3.8, 4) is 0 Å². The molecule has 5 heterocycles. The Morgan fingerprint density at radius 2 is 1.95 bits per heavy atom. The fraction of sp³-hybridized carbons (Fsp3) is 0.269. The van der Waals surface area contributed by atoms with Gasteiger partial charge in [-0.3, -0.25) is 19.0 Å². The number of likely N-dealkylation sites (N-methyl/N-ethyl adjacent to an activating group) is 1. The number of nitrogens with one attached hydrogen (secondary N) is 1. The van der Waals surface area contributed by atoms with E-state index in [1.165, 1.54) is 11.3 Å². The number of thiazole rings is 1. The lowest BCUT2D eigenvalue weighted by Crippen LogP contribution is -2.31. The molecule has 0 unspecified atom stereocenters. The third kappa shape index (κ3) is 4.55. The number of anilines is 1. The minimum Gasteiger partial charge on any atom is -0.355 e. The van der Waals surface area contributed by atoms with Gasteiger partial charge in [-0.15, -0.1) is 11.3 Å². The van der Waals surface area contributed by atoms with E-state index in [2.05, 4.69) is 54.7 Å². The monoisotopic (exact) mass is 625 g/mol. The molecule has 0 atom stereocenters. The summed E-state index contributed by atoms with van der Waals surface area (Å²) < 4.78 is 3.71. The number of rotatable bonds is 4. The molecule has 9 nitrogen and oxygen atoms in total. The molecule has 1 N–H and O–H groups in total. The molecule has 1 aliphatic rings. The maximum atomic E-state index is 13.7.